The third kappa shape index (κ3) is 5.95. The fourth-order valence-corrected chi connectivity index (χ4v) is 4.75. The van der Waals surface area contributed by atoms with Crippen molar-refractivity contribution in [1.82, 2.24) is 4.90 Å². The minimum atomic E-state index is -0.957. The van der Waals surface area contributed by atoms with Crippen molar-refractivity contribution in [2.45, 2.75) is 38.3 Å². The number of benzene rings is 3. The molecule has 182 valence electrons. The molecule has 1 aliphatic heterocycles. The topological polar surface area (TPSA) is 76.1 Å². The lowest BCUT2D eigenvalue weighted by molar-refractivity contribution is -0.137. The number of aliphatic carboxylic acids is 1. The van der Waals surface area contributed by atoms with Gasteiger partial charge < -0.3 is 19.5 Å². The smallest absolute Gasteiger partial charge is 0.305 e. The van der Waals surface area contributed by atoms with Gasteiger partial charge in [-0.3, -0.25) is 9.59 Å². The molecule has 0 saturated carbocycles. The Bertz CT molecular complexity index is 1240. The van der Waals surface area contributed by atoms with Crippen LogP contribution >= 0.6 is 11.6 Å². The van der Waals surface area contributed by atoms with E-state index in [1.165, 1.54) is 0 Å². The quantitative estimate of drug-likeness (QED) is 0.432. The Balaban J connectivity index is 1.54. The van der Waals surface area contributed by atoms with Gasteiger partial charge in [-0.25, -0.2) is 0 Å². The molecule has 1 heterocycles. The van der Waals surface area contributed by atoms with E-state index in [0.29, 0.717) is 29.2 Å². The van der Waals surface area contributed by atoms with Crippen molar-refractivity contribution >= 4 is 23.5 Å². The van der Waals surface area contributed by atoms with Gasteiger partial charge in [0, 0.05) is 42.1 Å². The van der Waals surface area contributed by atoms with Crippen LogP contribution in [0.2, 0.25) is 5.02 Å². The molecule has 1 amide bonds. The van der Waals surface area contributed by atoms with E-state index in [1.807, 2.05) is 60.7 Å². The number of fused-ring (bicyclic) bond motifs is 1. The minimum absolute atomic E-state index is 0.0896. The Hall–Kier alpha value is -3.51. The molecule has 0 aromatic heterocycles. The van der Waals surface area contributed by atoms with Crippen LogP contribution in [0, 0.1) is 0 Å². The number of amides is 1. The molecule has 6 nitrogen and oxygen atoms in total. The molecule has 1 atom stereocenters. The molecular formula is C28H28ClNO5. The number of hydrogen-bond donors (Lipinski definition) is 1. The van der Waals surface area contributed by atoms with Crippen LogP contribution in [0.4, 0.5) is 0 Å². The maximum absolute atomic E-state index is 13.5. The molecule has 0 bridgehead atoms. The van der Waals surface area contributed by atoms with Gasteiger partial charge in [-0.15, -0.1) is 0 Å². The van der Waals surface area contributed by atoms with Gasteiger partial charge in [-0.1, -0.05) is 41.9 Å². The molecule has 1 aliphatic rings. The van der Waals surface area contributed by atoms with Crippen molar-refractivity contribution in [3.05, 3.63) is 94.0 Å². The van der Waals surface area contributed by atoms with Crippen molar-refractivity contribution in [3.8, 4) is 11.5 Å². The van der Waals surface area contributed by atoms with Crippen molar-refractivity contribution in [2.75, 3.05) is 13.7 Å². The van der Waals surface area contributed by atoms with Gasteiger partial charge in [0.25, 0.3) is 5.91 Å². The molecule has 0 radical (unpaired) electrons. The van der Waals surface area contributed by atoms with Crippen LogP contribution in [-0.4, -0.2) is 41.1 Å². The lowest BCUT2D eigenvalue weighted by Crippen LogP contribution is -2.33. The molecule has 35 heavy (non-hydrogen) atoms. The number of rotatable bonds is 9. The van der Waals surface area contributed by atoms with Crippen molar-refractivity contribution in [2.24, 2.45) is 0 Å². The zero-order valence-corrected chi connectivity index (χ0v) is 20.5. The first-order valence-corrected chi connectivity index (χ1v) is 11.8. The highest BCUT2D eigenvalue weighted by atomic mass is 35.5. The summed E-state index contributed by atoms with van der Waals surface area (Å²) in [7, 11) is 1.57. The molecule has 0 aliphatic carbocycles. The lowest BCUT2D eigenvalue weighted by Gasteiger charge is -2.24. The molecule has 0 saturated heterocycles. The SMILES string of the molecule is COc1ccccc1CN(CCC(=O)O)C(=O)c1ccc2c(c1)C[C@](C)(Cc1cccc(Cl)c1)O2. The Morgan fingerprint density at radius 3 is 2.66 bits per heavy atom. The molecule has 3 aromatic carbocycles. The summed E-state index contributed by atoms with van der Waals surface area (Å²) in [5.74, 6) is 0.220. The van der Waals surface area contributed by atoms with Crippen molar-refractivity contribution in [1.29, 1.82) is 0 Å². The molecule has 0 spiro atoms. The van der Waals surface area contributed by atoms with E-state index in [0.717, 1.165) is 22.4 Å². The summed E-state index contributed by atoms with van der Waals surface area (Å²) in [4.78, 5) is 26.3. The van der Waals surface area contributed by atoms with Gasteiger partial charge >= 0.3 is 5.97 Å². The highest BCUT2D eigenvalue weighted by Crippen LogP contribution is 2.38. The van der Waals surface area contributed by atoms with E-state index in [-0.39, 0.29) is 25.4 Å². The third-order valence-corrected chi connectivity index (χ3v) is 6.37. The second kappa shape index (κ2) is 10.4. The van der Waals surface area contributed by atoms with Crippen molar-refractivity contribution < 1.29 is 24.2 Å². The maximum Gasteiger partial charge on any atom is 0.305 e. The van der Waals surface area contributed by atoms with E-state index < -0.39 is 11.6 Å². The normalized spacial score (nSPS) is 16.3. The molecule has 4 rings (SSSR count). The predicted octanol–water partition coefficient (Wildman–Crippen LogP) is 5.40. The predicted molar refractivity (Wildman–Crippen MR) is 134 cm³/mol. The molecule has 1 N–H and O–H groups in total. The monoisotopic (exact) mass is 493 g/mol. The van der Waals surface area contributed by atoms with Gasteiger partial charge in [0.15, 0.2) is 0 Å². The summed E-state index contributed by atoms with van der Waals surface area (Å²) < 4.78 is 11.7. The van der Waals surface area contributed by atoms with E-state index in [9.17, 15) is 14.7 Å². The first-order valence-electron chi connectivity index (χ1n) is 11.5. The van der Waals surface area contributed by atoms with Crippen LogP contribution in [-0.2, 0) is 24.2 Å². The first kappa shape index (κ1) is 24.6. The summed E-state index contributed by atoms with van der Waals surface area (Å²) in [6.07, 6.45) is 1.19. The number of para-hydroxylation sites is 1. The summed E-state index contributed by atoms with van der Waals surface area (Å²) in [5.41, 5.74) is 2.90. The van der Waals surface area contributed by atoms with Crippen LogP contribution < -0.4 is 9.47 Å². The van der Waals surface area contributed by atoms with Crippen LogP contribution in [0.1, 0.15) is 40.4 Å². The van der Waals surface area contributed by atoms with E-state index in [4.69, 9.17) is 21.1 Å². The lowest BCUT2D eigenvalue weighted by atomic mass is 9.91. The highest BCUT2D eigenvalue weighted by Gasteiger charge is 2.35. The van der Waals surface area contributed by atoms with Crippen LogP contribution in [0.25, 0.3) is 0 Å². The standard InChI is InChI=1S/C28H28ClNO5/c1-28(16-19-6-5-8-23(29)14-19)17-22-15-20(10-11-25(22)35-28)27(33)30(13-12-26(31)32)18-21-7-3-4-9-24(21)34-2/h3-11,14-15H,12-13,16-18H2,1-2H3,(H,31,32)/t28-/m0/s1. The highest BCUT2D eigenvalue weighted by molar-refractivity contribution is 6.30. The summed E-state index contributed by atoms with van der Waals surface area (Å²) in [5, 5.41) is 9.90. The average molecular weight is 494 g/mol. The second-order valence-corrected chi connectivity index (χ2v) is 9.48. The number of carboxylic acids is 1. The van der Waals surface area contributed by atoms with Gasteiger partial charge in [-0.2, -0.15) is 0 Å². The number of carboxylic acid groups (broad SMARTS) is 1. The third-order valence-electron chi connectivity index (χ3n) is 6.13. The number of nitrogens with zero attached hydrogens (tertiary/aromatic N) is 1. The zero-order chi connectivity index (χ0) is 25.0. The molecule has 0 unspecified atom stereocenters. The first-order chi connectivity index (χ1) is 16.8. The Kier molecular flexibility index (Phi) is 7.31. The molecule has 3 aromatic rings. The van der Waals surface area contributed by atoms with Gasteiger partial charge in [-0.05, 0) is 54.4 Å². The van der Waals surface area contributed by atoms with E-state index >= 15 is 0 Å². The van der Waals surface area contributed by atoms with E-state index in [1.54, 1.807) is 18.1 Å². The van der Waals surface area contributed by atoms with Crippen molar-refractivity contribution in [3.63, 3.8) is 0 Å². The largest absolute Gasteiger partial charge is 0.496 e. The summed E-state index contributed by atoms with van der Waals surface area (Å²) in [6.45, 7) is 2.39. The Morgan fingerprint density at radius 1 is 1.11 bits per heavy atom. The summed E-state index contributed by atoms with van der Waals surface area (Å²) >= 11 is 6.14. The fraction of sp³-hybridized carbons (Fsp3) is 0.286. The molecule has 0 fully saturated rings. The maximum atomic E-state index is 13.5. The zero-order valence-electron chi connectivity index (χ0n) is 19.8. The Morgan fingerprint density at radius 2 is 1.91 bits per heavy atom. The number of hydrogen-bond acceptors (Lipinski definition) is 4. The van der Waals surface area contributed by atoms with Gasteiger partial charge in [0.05, 0.1) is 13.5 Å². The second-order valence-electron chi connectivity index (χ2n) is 9.04. The van der Waals surface area contributed by atoms with Gasteiger partial charge in [0.1, 0.15) is 17.1 Å². The number of carbonyl (C=O) groups excluding carboxylic acids is 1. The van der Waals surface area contributed by atoms with E-state index in [2.05, 4.69) is 6.92 Å². The number of ether oxygens (including phenoxy) is 2. The Labute approximate surface area is 210 Å². The van der Waals surface area contributed by atoms with Crippen LogP contribution in [0.3, 0.4) is 0 Å². The number of carbonyl (C=O) groups is 2. The average Bonchev–Trinajstić information content (AvgIpc) is 3.16. The molecular weight excluding hydrogens is 466 g/mol. The minimum Gasteiger partial charge on any atom is -0.496 e. The summed E-state index contributed by atoms with van der Waals surface area (Å²) in [6, 6.07) is 20.6. The van der Waals surface area contributed by atoms with Crippen LogP contribution in [0.5, 0.6) is 11.5 Å². The number of halogens is 1. The molecule has 7 heteroatoms. The number of methoxy groups -OCH3 is 1. The fourth-order valence-electron chi connectivity index (χ4n) is 4.54. The van der Waals surface area contributed by atoms with Crippen LogP contribution in [0.15, 0.2) is 66.7 Å². The van der Waals surface area contributed by atoms with Gasteiger partial charge in [0.2, 0.25) is 0 Å².